The molecule has 0 heterocycles. The van der Waals surface area contributed by atoms with Gasteiger partial charge in [-0.2, -0.15) is 0 Å². The van der Waals surface area contributed by atoms with Crippen molar-refractivity contribution in [1.82, 2.24) is 0 Å². The van der Waals surface area contributed by atoms with Gasteiger partial charge in [0.2, 0.25) is 0 Å². The van der Waals surface area contributed by atoms with Crippen molar-refractivity contribution in [1.29, 1.82) is 0 Å². The second-order valence-electron chi connectivity index (χ2n) is 4.15. The number of amides is 1. The fraction of sp³-hybridized carbons (Fsp3) is 0.133. The number of carbonyl (C=O) groups is 1. The number of nitrogens with one attached hydrogen (secondary N) is 2. The molecule has 0 aliphatic rings. The average molecular weight is 401 g/mol. The number of para-hydroxylation sites is 1. The number of rotatable bonds is 4. The molecule has 0 radical (unpaired) electrons. The van der Waals surface area contributed by atoms with Crippen molar-refractivity contribution in [3.63, 3.8) is 0 Å². The Morgan fingerprint density at radius 1 is 1.20 bits per heavy atom. The second-order valence-corrected chi connectivity index (χ2v) is 5.81. The van der Waals surface area contributed by atoms with E-state index in [1.54, 1.807) is 12.1 Å². The quantitative estimate of drug-likeness (QED) is 0.735. The Labute approximate surface area is 136 Å². The summed E-state index contributed by atoms with van der Waals surface area (Å²) in [6.45, 7) is 2.75. The van der Waals surface area contributed by atoms with E-state index in [9.17, 15) is 4.79 Å². The Kier molecular flexibility index (Phi) is 5.25. The Morgan fingerprint density at radius 3 is 2.65 bits per heavy atom. The van der Waals surface area contributed by atoms with E-state index in [4.69, 9.17) is 11.6 Å². The summed E-state index contributed by atoms with van der Waals surface area (Å²) in [4.78, 5) is 12.3. The van der Waals surface area contributed by atoms with Gasteiger partial charge in [0.15, 0.2) is 0 Å². The average Bonchev–Trinajstić information content (AvgIpc) is 2.43. The molecule has 2 aromatic rings. The molecule has 0 saturated carbocycles. The summed E-state index contributed by atoms with van der Waals surface area (Å²) in [5.41, 5.74) is 2.03. The van der Waals surface area contributed by atoms with E-state index in [-0.39, 0.29) is 5.91 Å². The Hall–Kier alpha value is -1.27. The van der Waals surface area contributed by atoms with Crippen LogP contribution in [0.2, 0.25) is 5.02 Å². The predicted molar refractivity (Wildman–Crippen MR) is 92.7 cm³/mol. The molecule has 104 valence electrons. The fourth-order valence-electron chi connectivity index (χ4n) is 1.81. The van der Waals surface area contributed by atoms with Crippen LogP contribution in [-0.2, 0) is 0 Å². The smallest absolute Gasteiger partial charge is 0.257 e. The summed E-state index contributed by atoms with van der Waals surface area (Å²) in [7, 11) is 0. The molecule has 0 spiro atoms. The molecule has 2 rings (SSSR count). The van der Waals surface area contributed by atoms with Gasteiger partial charge in [0.05, 0.1) is 16.3 Å². The molecule has 3 nitrogen and oxygen atoms in total. The van der Waals surface area contributed by atoms with E-state index in [1.807, 2.05) is 37.3 Å². The summed E-state index contributed by atoms with van der Waals surface area (Å²) in [5, 5.41) is 6.54. The maximum atomic E-state index is 12.3. The second kappa shape index (κ2) is 6.95. The van der Waals surface area contributed by atoms with Gasteiger partial charge in [-0.1, -0.05) is 23.7 Å². The Morgan fingerprint density at radius 2 is 1.95 bits per heavy atom. The van der Waals surface area contributed by atoms with Gasteiger partial charge in [-0.25, -0.2) is 0 Å². The van der Waals surface area contributed by atoms with Crippen molar-refractivity contribution < 1.29 is 4.79 Å². The summed E-state index contributed by atoms with van der Waals surface area (Å²) in [6, 6.07) is 12.9. The number of anilines is 2. The molecule has 0 aliphatic heterocycles. The molecule has 5 heteroatoms. The van der Waals surface area contributed by atoms with Crippen molar-refractivity contribution >= 4 is 51.5 Å². The van der Waals surface area contributed by atoms with Crippen molar-refractivity contribution in [2.75, 3.05) is 17.2 Å². The molecule has 0 bridgehead atoms. The minimum absolute atomic E-state index is 0.176. The van der Waals surface area contributed by atoms with E-state index in [1.165, 1.54) is 0 Å². The van der Waals surface area contributed by atoms with Crippen LogP contribution in [0.5, 0.6) is 0 Å². The van der Waals surface area contributed by atoms with Gasteiger partial charge in [-0.15, -0.1) is 0 Å². The van der Waals surface area contributed by atoms with Crippen LogP contribution in [0.4, 0.5) is 11.4 Å². The summed E-state index contributed by atoms with van der Waals surface area (Å²) in [5.74, 6) is -0.176. The first-order valence-electron chi connectivity index (χ1n) is 6.21. The zero-order valence-corrected chi connectivity index (χ0v) is 13.8. The maximum Gasteiger partial charge on any atom is 0.257 e. The van der Waals surface area contributed by atoms with Crippen molar-refractivity contribution in [2.24, 2.45) is 0 Å². The molecule has 0 unspecified atom stereocenters. The molecule has 2 N–H and O–H groups in total. The highest BCUT2D eigenvalue weighted by Gasteiger charge is 2.12. The predicted octanol–water partition coefficient (Wildman–Crippen LogP) is 4.63. The third-order valence-electron chi connectivity index (χ3n) is 2.72. The summed E-state index contributed by atoms with van der Waals surface area (Å²) in [6.07, 6.45) is 0. The third kappa shape index (κ3) is 3.64. The topological polar surface area (TPSA) is 41.1 Å². The molecule has 0 fully saturated rings. The van der Waals surface area contributed by atoms with Crippen LogP contribution >= 0.6 is 34.2 Å². The van der Waals surface area contributed by atoms with E-state index in [0.717, 1.165) is 15.8 Å². The molecule has 0 saturated heterocycles. The van der Waals surface area contributed by atoms with Gasteiger partial charge in [0, 0.05) is 15.8 Å². The van der Waals surface area contributed by atoms with Crippen LogP contribution < -0.4 is 10.6 Å². The highest BCUT2D eigenvalue weighted by molar-refractivity contribution is 14.1. The molecule has 0 aliphatic carbocycles. The number of halogens is 2. The number of hydrogen-bond acceptors (Lipinski definition) is 2. The molecule has 2 aromatic carbocycles. The van der Waals surface area contributed by atoms with E-state index < -0.39 is 0 Å². The van der Waals surface area contributed by atoms with Crippen LogP contribution in [0.25, 0.3) is 0 Å². The van der Waals surface area contributed by atoms with Crippen molar-refractivity contribution in [3.8, 4) is 0 Å². The van der Waals surface area contributed by atoms with Crippen LogP contribution in [-0.4, -0.2) is 12.5 Å². The fourth-order valence-corrected chi connectivity index (χ4v) is 2.71. The highest BCUT2D eigenvalue weighted by atomic mass is 127. The lowest BCUT2D eigenvalue weighted by atomic mass is 10.1. The van der Waals surface area contributed by atoms with Gasteiger partial charge in [0.25, 0.3) is 5.91 Å². The Bertz CT molecular complexity index is 631. The molecule has 0 aromatic heterocycles. The van der Waals surface area contributed by atoms with Crippen LogP contribution in [0, 0.1) is 3.57 Å². The van der Waals surface area contributed by atoms with E-state index in [0.29, 0.717) is 16.3 Å². The van der Waals surface area contributed by atoms with Gasteiger partial charge in [0.1, 0.15) is 0 Å². The lowest BCUT2D eigenvalue weighted by molar-refractivity contribution is 0.102. The van der Waals surface area contributed by atoms with Crippen LogP contribution in [0.3, 0.4) is 0 Å². The lowest BCUT2D eigenvalue weighted by Crippen LogP contribution is -2.15. The normalized spacial score (nSPS) is 10.2. The van der Waals surface area contributed by atoms with Crippen LogP contribution in [0.15, 0.2) is 42.5 Å². The number of carbonyl (C=O) groups excluding carboxylic acids is 1. The number of benzene rings is 2. The van der Waals surface area contributed by atoms with E-state index in [2.05, 4.69) is 33.2 Å². The van der Waals surface area contributed by atoms with Gasteiger partial charge in [-0.3, -0.25) is 4.79 Å². The van der Waals surface area contributed by atoms with Crippen molar-refractivity contribution in [2.45, 2.75) is 6.92 Å². The molecular formula is C15H14ClIN2O. The first-order chi connectivity index (χ1) is 9.61. The molecule has 20 heavy (non-hydrogen) atoms. The summed E-state index contributed by atoms with van der Waals surface area (Å²) >= 11 is 8.30. The number of hydrogen-bond donors (Lipinski definition) is 2. The van der Waals surface area contributed by atoms with Gasteiger partial charge in [-0.05, 0) is 59.8 Å². The standard InChI is InChI=1S/C15H14ClIN2O/c1-2-18-13-6-4-3-5-11(13)15(20)19-14-8-7-10(17)9-12(14)16/h3-9,18H,2H2,1H3,(H,19,20). The first kappa shape index (κ1) is 15.1. The molecule has 1 amide bonds. The summed E-state index contributed by atoms with van der Waals surface area (Å²) < 4.78 is 1.03. The largest absolute Gasteiger partial charge is 0.385 e. The van der Waals surface area contributed by atoms with Gasteiger partial charge >= 0.3 is 0 Å². The van der Waals surface area contributed by atoms with Gasteiger partial charge < -0.3 is 10.6 Å². The third-order valence-corrected chi connectivity index (χ3v) is 3.70. The Balaban J connectivity index is 2.24. The minimum Gasteiger partial charge on any atom is -0.385 e. The zero-order valence-electron chi connectivity index (χ0n) is 10.9. The minimum atomic E-state index is -0.176. The van der Waals surface area contributed by atoms with E-state index >= 15 is 0 Å². The molecular weight excluding hydrogens is 387 g/mol. The lowest BCUT2D eigenvalue weighted by Gasteiger charge is -2.12. The highest BCUT2D eigenvalue weighted by Crippen LogP contribution is 2.25. The zero-order chi connectivity index (χ0) is 14.5. The van der Waals surface area contributed by atoms with Crippen molar-refractivity contribution in [3.05, 3.63) is 56.6 Å². The molecule has 0 atom stereocenters. The monoisotopic (exact) mass is 400 g/mol. The maximum absolute atomic E-state index is 12.3. The van der Waals surface area contributed by atoms with Crippen LogP contribution in [0.1, 0.15) is 17.3 Å². The SMILES string of the molecule is CCNc1ccccc1C(=O)Nc1ccc(I)cc1Cl. The first-order valence-corrected chi connectivity index (χ1v) is 7.66.